The monoisotopic (exact) mass is 354 g/mol. The van der Waals surface area contributed by atoms with Crippen LogP contribution in [0.5, 0.6) is 0 Å². The van der Waals surface area contributed by atoms with Crippen molar-refractivity contribution in [2.75, 3.05) is 19.6 Å². The van der Waals surface area contributed by atoms with Gasteiger partial charge in [0.2, 0.25) is 5.91 Å². The van der Waals surface area contributed by atoms with Gasteiger partial charge in [-0.3, -0.25) is 4.79 Å². The number of hydrogen-bond acceptors (Lipinski definition) is 2. The second-order valence-corrected chi connectivity index (χ2v) is 7.15. The number of benzene rings is 1. The maximum absolute atomic E-state index is 13.1. The molecular formula is C19H28ClFN2O. The summed E-state index contributed by atoms with van der Waals surface area (Å²) in [7, 11) is 0. The van der Waals surface area contributed by atoms with Crippen LogP contribution in [0.4, 0.5) is 4.39 Å². The van der Waals surface area contributed by atoms with E-state index in [1.807, 2.05) is 12.1 Å². The molecule has 2 fully saturated rings. The third kappa shape index (κ3) is 4.70. The molecule has 3 rings (SSSR count). The number of amides is 1. The first kappa shape index (κ1) is 19.2. The summed E-state index contributed by atoms with van der Waals surface area (Å²) in [6, 6.07) is 6.79. The predicted molar refractivity (Wildman–Crippen MR) is 97.0 cm³/mol. The Kier molecular flexibility index (Phi) is 7.05. The van der Waals surface area contributed by atoms with Crippen molar-refractivity contribution in [3.63, 3.8) is 0 Å². The molecule has 1 saturated heterocycles. The van der Waals surface area contributed by atoms with Crippen molar-refractivity contribution in [3.8, 4) is 0 Å². The summed E-state index contributed by atoms with van der Waals surface area (Å²) in [5.74, 6) is 0.655. The first-order chi connectivity index (χ1) is 11.2. The summed E-state index contributed by atoms with van der Waals surface area (Å²) in [4.78, 5) is 12.2. The van der Waals surface area contributed by atoms with E-state index in [4.69, 9.17) is 0 Å². The van der Waals surface area contributed by atoms with E-state index in [0.717, 1.165) is 37.9 Å². The van der Waals surface area contributed by atoms with Gasteiger partial charge in [-0.25, -0.2) is 4.39 Å². The highest BCUT2D eigenvalue weighted by atomic mass is 35.5. The molecule has 1 aromatic carbocycles. The molecule has 2 N–H and O–H groups in total. The van der Waals surface area contributed by atoms with Gasteiger partial charge in [-0.1, -0.05) is 18.6 Å². The van der Waals surface area contributed by atoms with Crippen LogP contribution in [0.15, 0.2) is 24.3 Å². The fourth-order valence-corrected chi connectivity index (χ4v) is 3.84. The molecule has 1 aliphatic heterocycles. The summed E-state index contributed by atoms with van der Waals surface area (Å²) >= 11 is 0. The van der Waals surface area contributed by atoms with Gasteiger partial charge in [-0.15, -0.1) is 12.4 Å². The van der Waals surface area contributed by atoms with Crippen molar-refractivity contribution >= 4 is 18.3 Å². The smallest absolute Gasteiger partial charge is 0.220 e. The molecule has 1 saturated carbocycles. The van der Waals surface area contributed by atoms with Gasteiger partial charge < -0.3 is 10.6 Å². The van der Waals surface area contributed by atoms with Crippen molar-refractivity contribution in [1.82, 2.24) is 10.6 Å². The molecule has 24 heavy (non-hydrogen) atoms. The number of nitrogens with one attached hydrogen (secondary N) is 2. The van der Waals surface area contributed by atoms with E-state index >= 15 is 0 Å². The van der Waals surface area contributed by atoms with Gasteiger partial charge in [0, 0.05) is 18.4 Å². The molecule has 0 bridgehead atoms. The quantitative estimate of drug-likeness (QED) is 0.820. The van der Waals surface area contributed by atoms with Crippen LogP contribution in [0.2, 0.25) is 0 Å². The van der Waals surface area contributed by atoms with Crippen LogP contribution in [0, 0.1) is 11.7 Å². The van der Waals surface area contributed by atoms with Gasteiger partial charge in [0.05, 0.1) is 0 Å². The Balaban J connectivity index is 0.00000208. The summed E-state index contributed by atoms with van der Waals surface area (Å²) in [5.41, 5.74) is 1.18. The van der Waals surface area contributed by atoms with E-state index in [0.29, 0.717) is 18.9 Å². The zero-order chi connectivity index (χ0) is 16.1. The molecule has 3 nitrogen and oxygen atoms in total. The first-order valence-electron chi connectivity index (χ1n) is 8.91. The lowest BCUT2D eigenvalue weighted by Crippen LogP contribution is -2.45. The fraction of sp³-hybridized carbons (Fsp3) is 0.632. The van der Waals surface area contributed by atoms with E-state index in [2.05, 4.69) is 10.6 Å². The van der Waals surface area contributed by atoms with Gasteiger partial charge in [0.25, 0.3) is 0 Å². The van der Waals surface area contributed by atoms with Gasteiger partial charge in [-0.2, -0.15) is 0 Å². The Morgan fingerprint density at radius 1 is 1.21 bits per heavy atom. The molecule has 0 aromatic heterocycles. The number of carbonyl (C=O) groups excluding carboxylic acids is 1. The van der Waals surface area contributed by atoms with Crippen molar-refractivity contribution in [3.05, 3.63) is 35.6 Å². The zero-order valence-corrected chi connectivity index (χ0v) is 15.0. The number of rotatable bonds is 6. The summed E-state index contributed by atoms with van der Waals surface area (Å²) in [5, 5.41) is 6.49. The number of halogens is 2. The Bertz CT molecular complexity index is 525. The van der Waals surface area contributed by atoms with Gasteiger partial charge in [0.15, 0.2) is 0 Å². The normalized spacial score (nSPS) is 19.9. The van der Waals surface area contributed by atoms with E-state index in [1.165, 1.54) is 31.4 Å². The van der Waals surface area contributed by atoms with Crippen molar-refractivity contribution in [2.45, 2.75) is 50.4 Å². The summed E-state index contributed by atoms with van der Waals surface area (Å²) in [6.07, 6.45) is 7.34. The van der Waals surface area contributed by atoms with E-state index < -0.39 is 0 Å². The average molecular weight is 355 g/mol. The minimum Gasteiger partial charge on any atom is -0.355 e. The van der Waals surface area contributed by atoms with Crippen LogP contribution in [-0.2, 0) is 10.2 Å². The lowest BCUT2D eigenvalue weighted by Gasteiger charge is -2.42. The molecule has 134 valence electrons. The van der Waals surface area contributed by atoms with E-state index in [1.54, 1.807) is 0 Å². The van der Waals surface area contributed by atoms with Crippen LogP contribution >= 0.6 is 12.4 Å². The summed E-state index contributed by atoms with van der Waals surface area (Å²) < 4.78 is 13.1. The number of carbonyl (C=O) groups is 1. The molecule has 1 aliphatic carbocycles. The second-order valence-electron chi connectivity index (χ2n) is 7.15. The highest BCUT2D eigenvalue weighted by molar-refractivity contribution is 5.85. The van der Waals surface area contributed by atoms with Crippen LogP contribution in [0.1, 0.15) is 50.5 Å². The summed E-state index contributed by atoms with van der Waals surface area (Å²) in [6.45, 7) is 2.85. The van der Waals surface area contributed by atoms with Crippen LogP contribution in [0.3, 0.4) is 0 Å². The maximum Gasteiger partial charge on any atom is 0.220 e. The Morgan fingerprint density at radius 2 is 1.88 bits per heavy atom. The third-order valence-corrected chi connectivity index (χ3v) is 5.63. The molecule has 0 spiro atoms. The topological polar surface area (TPSA) is 41.1 Å². The van der Waals surface area contributed by atoms with Crippen LogP contribution in [-0.4, -0.2) is 25.5 Å². The minimum absolute atomic E-state index is 0. The SMILES string of the molecule is Cl.O=C(CCC1CCNCC1)NCC1(c2ccc(F)cc2)CCC1. The minimum atomic E-state index is -0.200. The molecule has 1 aromatic rings. The van der Waals surface area contributed by atoms with E-state index in [9.17, 15) is 9.18 Å². The standard InChI is InChI=1S/C19H27FN2O.ClH/c20-17-5-3-16(4-6-17)19(10-1-11-19)14-22-18(23)7-2-15-8-12-21-13-9-15;/h3-6,15,21H,1-2,7-14H2,(H,22,23);1H. The molecule has 0 unspecified atom stereocenters. The molecule has 2 aliphatic rings. The maximum atomic E-state index is 13.1. The van der Waals surface area contributed by atoms with Crippen LogP contribution < -0.4 is 10.6 Å². The van der Waals surface area contributed by atoms with Gasteiger partial charge in [0.1, 0.15) is 5.82 Å². The Hall–Kier alpha value is -1.13. The molecular weight excluding hydrogens is 327 g/mol. The number of piperidine rings is 1. The highest BCUT2D eigenvalue weighted by Crippen LogP contribution is 2.43. The first-order valence-corrected chi connectivity index (χ1v) is 8.91. The lowest BCUT2D eigenvalue weighted by molar-refractivity contribution is -0.121. The molecule has 0 radical (unpaired) electrons. The molecule has 1 amide bonds. The Morgan fingerprint density at radius 3 is 2.46 bits per heavy atom. The largest absolute Gasteiger partial charge is 0.355 e. The molecule has 5 heteroatoms. The van der Waals surface area contributed by atoms with Gasteiger partial charge >= 0.3 is 0 Å². The van der Waals surface area contributed by atoms with Gasteiger partial charge in [-0.05, 0) is 68.8 Å². The van der Waals surface area contributed by atoms with Crippen molar-refractivity contribution in [2.24, 2.45) is 5.92 Å². The highest BCUT2D eigenvalue weighted by Gasteiger charge is 2.38. The second kappa shape index (κ2) is 8.82. The lowest BCUT2D eigenvalue weighted by atomic mass is 9.64. The third-order valence-electron chi connectivity index (χ3n) is 5.63. The molecule has 1 heterocycles. The van der Waals surface area contributed by atoms with Crippen LogP contribution in [0.25, 0.3) is 0 Å². The zero-order valence-electron chi connectivity index (χ0n) is 14.2. The Labute approximate surface area is 150 Å². The van der Waals surface area contributed by atoms with Crippen molar-refractivity contribution in [1.29, 1.82) is 0 Å². The fourth-order valence-electron chi connectivity index (χ4n) is 3.84. The number of hydrogen-bond donors (Lipinski definition) is 2. The average Bonchev–Trinajstić information content (AvgIpc) is 2.54. The predicted octanol–water partition coefficient (Wildman–Crippen LogP) is 3.57. The molecule has 0 atom stereocenters. The van der Waals surface area contributed by atoms with E-state index in [-0.39, 0.29) is 29.5 Å². The van der Waals surface area contributed by atoms with Crippen molar-refractivity contribution < 1.29 is 9.18 Å².